The molecule has 0 aliphatic rings. The first-order chi connectivity index (χ1) is 18.3. The quantitative estimate of drug-likeness (QED) is 0.0690. The zero-order valence-corrected chi connectivity index (χ0v) is 23.9. The highest BCUT2D eigenvalue weighted by Crippen LogP contribution is 2.14. The molecular formula is C26H46N2O9S. The highest BCUT2D eigenvalue weighted by Gasteiger charge is 2.26. The van der Waals surface area contributed by atoms with Crippen molar-refractivity contribution < 1.29 is 43.3 Å². The number of ether oxygens (including phenoxy) is 3. The lowest BCUT2D eigenvalue weighted by Crippen LogP contribution is -2.53. The van der Waals surface area contributed by atoms with Crippen molar-refractivity contribution in [3.05, 3.63) is 0 Å². The number of esters is 2. The van der Waals surface area contributed by atoms with E-state index in [4.69, 9.17) is 9.47 Å². The minimum atomic E-state index is -1.24. The van der Waals surface area contributed by atoms with Crippen molar-refractivity contribution in [1.82, 2.24) is 10.6 Å². The van der Waals surface area contributed by atoms with Crippen LogP contribution < -0.4 is 10.6 Å². The summed E-state index contributed by atoms with van der Waals surface area (Å²) >= 11 is 1.26. The van der Waals surface area contributed by atoms with Gasteiger partial charge in [-0.05, 0) is 12.8 Å². The Labute approximate surface area is 230 Å². The summed E-state index contributed by atoms with van der Waals surface area (Å²) in [5.74, 6) is -1.88. The van der Waals surface area contributed by atoms with Crippen LogP contribution in [0.2, 0.25) is 0 Å². The van der Waals surface area contributed by atoms with E-state index in [0.29, 0.717) is 18.6 Å². The number of unbranched alkanes of at least 4 members (excludes halogenated alkanes) is 8. The summed E-state index contributed by atoms with van der Waals surface area (Å²) in [4.78, 5) is 58.5. The minimum Gasteiger partial charge on any atom is -0.467 e. The lowest BCUT2D eigenvalue weighted by molar-refractivity contribution is -0.148. The Kier molecular flexibility index (Phi) is 22.3. The van der Waals surface area contributed by atoms with E-state index in [1.807, 2.05) is 0 Å². The van der Waals surface area contributed by atoms with Gasteiger partial charge in [0.05, 0.1) is 20.1 Å². The van der Waals surface area contributed by atoms with Gasteiger partial charge in [-0.1, -0.05) is 58.3 Å². The average molecular weight is 563 g/mol. The number of methoxy groups -OCH3 is 1. The molecule has 0 aliphatic carbocycles. The number of rotatable bonds is 24. The Morgan fingerprint density at radius 3 is 2.13 bits per heavy atom. The highest BCUT2D eigenvalue weighted by atomic mass is 32.2. The SMILES string of the molecule is CCCCCCCCCCCC(CC(=O)OCCSCC(NC(C)=O)C(=O)NC(CO)C(=O)OC)OC=O. The molecule has 0 aromatic rings. The number of aliphatic hydroxyl groups excluding tert-OH is 1. The Morgan fingerprint density at radius 2 is 1.58 bits per heavy atom. The van der Waals surface area contributed by atoms with Crippen molar-refractivity contribution in [2.45, 2.75) is 103 Å². The first-order valence-corrected chi connectivity index (χ1v) is 14.5. The summed E-state index contributed by atoms with van der Waals surface area (Å²) in [7, 11) is 1.13. The zero-order chi connectivity index (χ0) is 28.6. The van der Waals surface area contributed by atoms with Crippen molar-refractivity contribution >= 4 is 42.0 Å². The van der Waals surface area contributed by atoms with Gasteiger partial charge in [-0.25, -0.2) is 4.79 Å². The van der Waals surface area contributed by atoms with Crippen molar-refractivity contribution in [3.8, 4) is 0 Å². The van der Waals surface area contributed by atoms with Gasteiger partial charge in [0.2, 0.25) is 11.8 Å². The molecule has 0 saturated heterocycles. The number of hydrogen-bond acceptors (Lipinski definition) is 10. The van der Waals surface area contributed by atoms with Crippen LogP contribution in [0.5, 0.6) is 0 Å². The molecule has 0 fully saturated rings. The second-order valence-corrected chi connectivity index (χ2v) is 10.1. The number of nitrogens with one attached hydrogen (secondary N) is 2. The molecule has 0 aromatic heterocycles. The number of hydrogen-bond donors (Lipinski definition) is 3. The standard InChI is InChI=1S/C26H46N2O9S/c1-4-5-6-7-8-9-10-11-12-13-21(37-19-30)16-24(32)36-14-15-38-18-23(27-20(2)31)25(33)28-22(17-29)26(34)35-3/h19,21-23,29H,4-18H2,1-3H3,(H,27,31)(H,28,33). The molecule has 0 spiro atoms. The average Bonchev–Trinajstić information content (AvgIpc) is 2.89. The molecule has 3 unspecified atom stereocenters. The molecule has 220 valence electrons. The summed E-state index contributed by atoms with van der Waals surface area (Å²) in [6.07, 6.45) is 10.6. The second-order valence-electron chi connectivity index (χ2n) is 8.99. The Balaban J connectivity index is 4.30. The summed E-state index contributed by atoms with van der Waals surface area (Å²) in [6.45, 7) is 3.24. The van der Waals surface area contributed by atoms with Crippen LogP contribution in [0.3, 0.4) is 0 Å². The highest BCUT2D eigenvalue weighted by molar-refractivity contribution is 7.99. The molecule has 3 N–H and O–H groups in total. The Hall–Kier alpha value is -2.34. The van der Waals surface area contributed by atoms with Gasteiger partial charge in [-0.3, -0.25) is 19.2 Å². The van der Waals surface area contributed by atoms with Crippen LogP contribution in [0.15, 0.2) is 0 Å². The zero-order valence-electron chi connectivity index (χ0n) is 23.0. The fourth-order valence-electron chi connectivity index (χ4n) is 3.66. The monoisotopic (exact) mass is 562 g/mol. The molecule has 0 radical (unpaired) electrons. The number of amides is 2. The van der Waals surface area contributed by atoms with E-state index in [9.17, 15) is 29.1 Å². The van der Waals surface area contributed by atoms with E-state index in [2.05, 4.69) is 22.3 Å². The van der Waals surface area contributed by atoms with Gasteiger partial charge in [0, 0.05) is 18.4 Å². The van der Waals surface area contributed by atoms with Crippen molar-refractivity contribution in [1.29, 1.82) is 0 Å². The predicted molar refractivity (Wildman–Crippen MR) is 144 cm³/mol. The fraction of sp³-hybridized carbons (Fsp3) is 0.808. The molecule has 3 atom stereocenters. The molecule has 0 rings (SSSR count). The van der Waals surface area contributed by atoms with Crippen molar-refractivity contribution in [2.75, 3.05) is 31.8 Å². The van der Waals surface area contributed by atoms with Gasteiger partial charge in [-0.15, -0.1) is 0 Å². The normalized spacial score (nSPS) is 13.1. The third-order valence-corrected chi connectivity index (χ3v) is 6.75. The number of aliphatic hydroxyl groups is 1. The predicted octanol–water partition coefficient (Wildman–Crippen LogP) is 2.27. The van der Waals surface area contributed by atoms with Crippen LogP contribution in [-0.4, -0.2) is 85.3 Å². The third-order valence-electron chi connectivity index (χ3n) is 5.73. The van der Waals surface area contributed by atoms with E-state index < -0.39 is 48.5 Å². The van der Waals surface area contributed by atoms with E-state index >= 15 is 0 Å². The van der Waals surface area contributed by atoms with E-state index in [-0.39, 0.29) is 18.8 Å². The summed E-state index contributed by atoms with van der Waals surface area (Å²) in [5.41, 5.74) is 0. The molecule has 0 aromatic carbocycles. The van der Waals surface area contributed by atoms with Crippen LogP contribution in [-0.2, 0) is 38.2 Å². The molecule has 38 heavy (non-hydrogen) atoms. The van der Waals surface area contributed by atoms with Gasteiger partial charge >= 0.3 is 11.9 Å². The maximum Gasteiger partial charge on any atom is 0.330 e. The van der Waals surface area contributed by atoms with Crippen molar-refractivity contribution in [3.63, 3.8) is 0 Å². The van der Waals surface area contributed by atoms with Crippen LogP contribution in [0.4, 0.5) is 0 Å². The van der Waals surface area contributed by atoms with Gasteiger partial charge in [0.25, 0.3) is 6.47 Å². The van der Waals surface area contributed by atoms with Crippen molar-refractivity contribution in [2.24, 2.45) is 0 Å². The molecule has 0 heterocycles. The van der Waals surface area contributed by atoms with Crippen LogP contribution in [0.1, 0.15) is 84.5 Å². The maximum atomic E-state index is 12.4. The fourth-order valence-corrected chi connectivity index (χ4v) is 4.50. The topological polar surface area (TPSA) is 157 Å². The third kappa shape index (κ3) is 18.8. The summed E-state index contributed by atoms with van der Waals surface area (Å²) < 4.78 is 14.8. The molecule has 0 bridgehead atoms. The molecule has 0 saturated carbocycles. The van der Waals surface area contributed by atoms with Gasteiger partial charge in [-0.2, -0.15) is 11.8 Å². The maximum absolute atomic E-state index is 12.4. The molecule has 11 nitrogen and oxygen atoms in total. The second kappa shape index (κ2) is 23.8. The molecular weight excluding hydrogens is 516 g/mol. The number of carbonyl (C=O) groups excluding carboxylic acids is 5. The Morgan fingerprint density at radius 1 is 0.947 bits per heavy atom. The van der Waals surface area contributed by atoms with E-state index in [1.165, 1.54) is 57.2 Å². The first kappa shape index (κ1) is 35.7. The molecule has 0 aliphatic heterocycles. The number of carbonyl (C=O) groups is 5. The summed E-state index contributed by atoms with van der Waals surface area (Å²) in [5, 5.41) is 14.1. The first-order valence-electron chi connectivity index (χ1n) is 13.4. The van der Waals surface area contributed by atoms with Crippen LogP contribution in [0.25, 0.3) is 0 Å². The number of thioether (sulfide) groups is 1. The van der Waals surface area contributed by atoms with Crippen LogP contribution >= 0.6 is 11.8 Å². The summed E-state index contributed by atoms with van der Waals surface area (Å²) in [6, 6.07) is -2.21. The van der Waals surface area contributed by atoms with Gasteiger partial charge < -0.3 is 30.0 Å². The van der Waals surface area contributed by atoms with Crippen LogP contribution in [0, 0.1) is 0 Å². The lowest BCUT2D eigenvalue weighted by atomic mass is 10.0. The molecule has 2 amide bonds. The smallest absolute Gasteiger partial charge is 0.330 e. The Bertz CT molecular complexity index is 694. The van der Waals surface area contributed by atoms with Gasteiger partial charge in [0.1, 0.15) is 18.8 Å². The molecule has 12 heteroatoms. The lowest BCUT2D eigenvalue weighted by Gasteiger charge is -2.20. The minimum absolute atomic E-state index is 0.0204. The van der Waals surface area contributed by atoms with Gasteiger partial charge in [0.15, 0.2) is 6.04 Å². The van der Waals surface area contributed by atoms with E-state index in [0.717, 1.165) is 26.4 Å². The largest absolute Gasteiger partial charge is 0.467 e. The van der Waals surface area contributed by atoms with E-state index in [1.54, 1.807) is 0 Å².